The van der Waals surface area contributed by atoms with E-state index < -0.39 is 5.82 Å². The minimum atomic E-state index is -0.465. The molecule has 0 aliphatic rings. The van der Waals surface area contributed by atoms with Crippen molar-refractivity contribution in [2.24, 2.45) is 0 Å². The molecular weight excluding hydrogens is 181 g/mol. The lowest BCUT2D eigenvalue weighted by Gasteiger charge is -2.02. The Kier molecular flexibility index (Phi) is 3.05. The summed E-state index contributed by atoms with van der Waals surface area (Å²) in [6.07, 6.45) is 0.720. The number of benzene rings is 1. The highest BCUT2D eigenvalue weighted by molar-refractivity contribution is 6.31. The first kappa shape index (κ1) is 9.00. The molecule has 0 bridgehead atoms. The van der Waals surface area contributed by atoms with Gasteiger partial charge < -0.3 is 10.1 Å². The number of rotatable bonds is 3. The SMILES string of the molecule is O=CCNc1ccc(F)c(Cl)c1. The van der Waals surface area contributed by atoms with Crippen molar-refractivity contribution < 1.29 is 9.18 Å². The largest absolute Gasteiger partial charge is 0.378 e. The fourth-order valence-corrected chi connectivity index (χ4v) is 0.946. The lowest BCUT2D eigenvalue weighted by atomic mass is 10.3. The van der Waals surface area contributed by atoms with E-state index in [2.05, 4.69) is 5.32 Å². The topological polar surface area (TPSA) is 29.1 Å². The zero-order chi connectivity index (χ0) is 8.97. The van der Waals surface area contributed by atoms with Gasteiger partial charge >= 0.3 is 0 Å². The highest BCUT2D eigenvalue weighted by atomic mass is 35.5. The number of hydrogen-bond donors (Lipinski definition) is 1. The van der Waals surface area contributed by atoms with Gasteiger partial charge in [-0.15, -0.1) is 0 Å². The summed E-state index contributed by atoms with van der Waals surface area (Å²) in [5.41, 5.74) is 0.633. The van der Waals surface area contributed by atoms with Gasteiger partial charge in [0.2, 0.25) is 0 Å². The normalized spacial score (nSPS) is 9.50. The Balaban J connectivity index is 2.75. The van der Waals surface area contributed by atoms with Gasteiger partial charge in [0.05, 0.1) is 11.6 Å². The molecular formula is C8H7ClFNO. The van der Waals surface area contributed by atoms with Crippen LogP contribution >= 0.6 is 11.6 Å². The maximum absolute atomic E-state index is 12.6. The van der Waals surface area contributed by atoms with E-state index in [0.717, 1.165) is 6.29 Å². The zero-order valence-corrected chi connectivity index (χ0v) is 6.94. The summed E-state index contributed by atoms with van der Waals surface area (Å²) in [6.45, 7) is 0.196. The summed E-state index contributed by atoms with van der Waals surface area (Å²) in [5, 5.41) is 2.79. The molecule has 0 heterocycles. The zero-order valence-electron chi connectivity index (χ0n) is 6.18. The molecule has 2 nitrogen and oxygen atoms in total. The highest BCUT2D eigenvalue weighted by Crippen LogP contribution is 2.18. The van der Waals surface area contributed by atoms with Crippen LogP contribution in [0.3, 0.4) is 0 Å². The van der Waals surface area contributed by atoms with Crippen molar-refractivity contribution >= 4 is 23.6 Å². The maximum atomic E-state index is 12.6. The fourth-order valence-electron chi connectivity index (χ4n) is 0.766. The number of anilines is 1. The molecule has 0 aromatic heterocycles. The lowest BCUT2D eigenvalue weighted by Crippen LogP contribution is -2.01. The molecule has 64 valence electrons. The van der Waals surface area contributed by atoms with Gasteiger partial charge in [0, 0.05) is 5.69 Å². The molecule has 0 amide bonds. The molecule has 0 aliphatic heterocycles. The van der Waals surface area contributed by atoms with Gasteiger partial charge in [0.15, 0.2) is 0 Å². The summed E-state index contributed by atoms with van der Waals surface area (Å²) in [5.74, 6) is -0.465. The van der Waals surface area contributed by atoms with Crippen LogP contribution in [0.1, 0.15) is 0 Å². The third-order valence-corrected chi connectivity index (χ3v) is 1.60. The molecule has 1 rings (SSSR count). The minimum absolute atomic E-state index is 0.0471. The van der Waals surface area contributed by atoms with E-state index in [0.29, 0.717) is 5.69 Å². The van der Waals surface area contributed by atoms with E-state index >= 15 is 0 Å². The molecule has 0 radical (unpaired) electrons. The molecule has 4 heteroatoms. The second-order valence-corrected chi connectivity index (χ2v) is 2.58. The molecule has 0 atom stereocenters. The first-order chi connectivity index (χ1) is 5.74. The van der Waals surface area contributed by atoms with Crippen LogP contribution in [-0.4, -0.2) is 12.8 Å². The molecule has 1 aromatic rings. The third-order valence-electron chi connectivity index (χ3n) is 1.31. The van der Waals surface area contributed by atoms with Crippen LogP contribution in [0.15, 0.2) is 18.2 Å². The van der Waals surface area contributed by atoms with Crippen molar-refractivity contribution in [3.05, 3.63) is 29.0 Å². The van der Waals surface area contributed by atoms with Crippen LogP contribution in [0.2, 0.25) is 5.02 Å². The lowest BCUT2D eigenvalue weighted by molar-refractivity contribution is -0.106. The summed E-state index contributed by atoms with van der Waals surface area (Å²) in [4.78, 5) is 9.96. The number of nitrogens with one attached hydrogen (secondary N) is 1. The predicted molar refractivity (Wildman–Crippen MR) is 46.0 cm³/mol. The Hall–Kier alpha value is -1.09. The fraction of sp³-hybridized carbons (Fsp3) is 0.125. The Morgan fingerprint density at radius 2 is 2.33 bits per heavy atom. The van der Waals surface area contributed by atoms with Crippen LogP contribution in [0.25, 0.3) is 0 Å². The summed E-state index contributed by atoms with van der Waals surface area (Å²) < 4.78 is 12.6. The van der Waals surface area contributed by atoms with Gasteiger partial charge in [-0.2, -0.15) is 0 Å². The molecule has 0 unspecified atom stereocenters. The van der Waals surface area contributed by atoms with Crippen molar-refractivity contribution in [3.63, 3.8) is 0 Å². The number of halogens is 2. The second-order valence-electron chi connectivity index (χ2n) is 2.18. The van der Waals surface area contributed by atoms with E-state index in [1.807, 2.05) is 0 Å². The standard InChI is InChI=1S/C8H7ClFNO/c9-7-5-6(11-3-4-12)1-2-8(7)10/h1-2,4-5,11H,3H2. The molecule has 0 spiro atoms. The molecule has 12 heavy (non-hydrogen) atoms. The second kappa shape index (κ2) is 4.07. The Bertz CT molecular complexity index is 290. The van der Waals surface area contributed by atoms with Crippen molar-refractivity contribution in [2.45, 2.75) is 0 Å². The van der Waals surface area contributed by atoms with Crippen molar-refractivity contribution in [1.29, 1.82) is 0 Å². The Morgan fingerprint density at radius 1 is 1.58 bits per heavy atom. The monoisotopic (exact) mass is 187 g/mol. The maximum Gasteiger partial charge on any atom is 0.141 e. The molecule has 1 N–H and O–H groups in total. The van der Waals surface area contributed by atoms with Gasteiger partial charge in [0.25, 0.3) is 0 Å². The van der Waals surface area contributed by atoms with E-state index in [-0.39, 0.29) is 11.6 Å². The van der Waals surface area contributed by atoms with E-state index in [1.54, 1.807) is 0 Å². The van der Waals surface area contributed by atoms with Crippen LogP contribution in [0, 0.1) is 5.82 Å². The smallest absolute Gasteiger partial charge is 0.141 e. The molecule has 0 saturated carbocycles. The third kappa shape index (κ3) is 2.20. The minimum Gasteiger partial charge on any atom is -0.378 e. The number of hydrogen-bond acceptors (Lipinski definition) is 2. The van der Waals surface area contributed by atoms with Crippen LogP contribution in [-0.2, 0) is 4.79 Å². The summed E-state index contributed by atoms with van der Waals surface area (Å²) in [6, 6.07) is 4.20. The summed E-state index contributed by atoms with van der Waals surface area (Å²) >= 11 is 5.49. The number of carbonyl (C=O) groups is 1. The van der Waals surface area contributed by atoms with Crippen LogP contribution in [0.5, 0.6) is 0 Å². The van der Waals surface area contributed by atoms with E-state index in [1.165, 1.54) is 18.2 Å². The summed E-state index contributed by atoms with van der Waals surface area (Å²) in [7, 11) is 0. The van der Waals surface area contributed by atoms with E-state index in [4.69, 9.17) is 11.6 Å². The van der Waals surface area contributed by atoms with Gasteiger partial charge in [-0.1, -0.05) is 11.6 Å². The number of aldehydes is 1. The Labute approximate surface area is 74.3 Å². The molecule has 0 fully saturated rings. The van der Waals surface area contributed by atoms with Crippen molar-refractivity contribution in [2.75, 3.05) is 11.9 Å². The average Bonchev–Trinajstić information content (AvgIpc) is 2.07. The predicted octanol–water partition coefficient (Wildman–Crippen LogP) is 2.09. The molecule has 0 aliphatic carbocycles. The first-order valence-corrected chi connectivity index (χ1v) is 3.74. The van der Waals surface area contributed by atoms with Crippen LogP contribution < -0.4 is 5.32 Å². The molecule has 1 aromatic carbocycles. The van der Waals surface area contributed by atoms with Gasteiger partial charge in [0.1, 0.15) is 12.1 Å². The van der Waals surface area contributed by atoms with Gasteiger partial charge in [-0.05, 0) is 18.2 Å². The van der Waals surface area contributed by atoms with Gasteiger partial charge in [-0.25, -0.2) is 4.39 Å². The average molecular weight is 188 g/mol. The quantitative estimate of drug-likeness (QED) is 0.735. The first-order valence-electron chi connectivity index (χ1n) is 3.36. The highest BCUT2D eigenvalue weighted by Gasteiger charge is 1.98. The molecule has 0 saturated heterocycles. The number of carbonyl (C=O) groups excluding carboxylic acids is 1. The van der Waals surface area contributed by atoms with E-state index in [9.17, 15) is 9.18 Å². The van der Waals surface area contributed by atoms with Crippen molar-refractivity contribution in [3.8, 4) is 0 Å². The van der Waals surface area contributed by atoms with Gasteiger partial charge in [-0.3, -0.25) is 0 Å². The van der Waals surface area contributed by atoms with Crippen LogP contribution in [0.4, 0.5) is 10.1 Å². The van der Waals surface area contributed by atoms with Crippen molar-refractivity contribution in [1.82, 2.24) is 0 Å². The Morgan fingerprint density at radius 3 is 2.92 bits per heavy atom.